The van der Waals surface area contributed by atoms with Crippen molar-refractivity contribution in [2.24, 2.45) is 0 Å². The van der Waals surface area contributed by atoms with E-state index in [1.807, 2.05) is 13.2 Å². The quantitative estimate of drug-likeness (QED) is 0.539. The van der Waals surface area contributed by atoms with E-state index in [1.165, 1.54) is 0 Å². The zero-order valence-electron chi connectivity index (χ0n) is 8.55. The van der Waals surface area contributed by atoms with Crippen LogP contribution in [-0.4, -0.2) is 22.7 Å². The summed E-state index contributed by atoms with van der Waals surface area (Å²) in [4.78, 5) is 0. The van der Waals surface area contributed by atoms with E-state index in [0.717, 1.165) is 11.4 Å². The molecule has 0 aliphatic rings. The van der Waals surface area contributed by atoms with Crippen molar-refractivity contribution in [1.29, 1.82) is 5.41 Å². The van der Waals surface area contributed by atoms with E-state index in [1.54, 1.807) is 11.6 Å². The summed E-state index contributed by atoms with van der Waals surface area (Å²) < 4.78 is 1.61. The second-order valence-corrected chi connectivity index (χ2v) is 3.35. The Hall–Kier alpha value is -1.32. The minimum atomic E-state index is 0.426. The second-order valence-electron chi connectivity index (χ2n) is 3.35. The Morgan fingerprint density at radius 2 is 2.23 bits per heavy atom. The third kappa shape index (κ3) is 1.71. The van der Waals surface area contributed by atoms with Gasteiger partial charge >= 0.3 is 0 Å². The van der Waals surface area contributed by atoms with Gasteiger partial charge in [0, 0.05) is 12.6 Å². The number of nitrogens with one attached hydrogen (secondary N) is 2. The highest BCUT2D eigenvalue weighted by molar-refractivity contribution is 5.82. The van der Waals surface area contributed by atoms with E-state index in [4.69, 9.17) is 5.41 Å². The molecule has 2 N–H and O–H groups in total. The summed E-state index contributed by atoms with van der Waals surface area (Å²) in [6.45, 7) is 5.95. The molecule has 0 unspecified atom stereocenters. The minimum absolute atomic E-state index is 0.426. The van der Waals surface area contributed by atoms with Crippen molar-refractivity contribution in [3.05, 3.63) is 11.8 Å². The molecule has 0 atom stereocenters. The fourth-order valence-electron chi connectivity index (χ4n) is 1.29. The SMILES string of the molecule is CNc1c(C(C)C)cnn1C(C)=N. The molecule has 13 heavy (non-hydrogen) atoms. The number of anilines is 1. The molecule has 0 saturated carbocycles. The molecule has 0 aromatic carbocycles. The lowest BCUT2D eigenvalue weighted by Crippen LogP contribution is -2.11. The molecule has 0 amide bonds. The van der Waals surface area contributed by atoms with Crippen molar-refractivity contribution < 1.29 is 0 Å². The molecular weight excluding hydrogens is 164 g/mol. The van der Waals surface area contributed by atoms with Crippen LogP contribution in [0, 0.1) is 5.41 Å². The van der Waals surface area contributed by atoms with Gasteiger partial charge in [0.25, 0.3) is 0 Å². The lowest BCUT2D eigenvalue weighted by Gasteiger charge is -2.08. The Balaban J connectivity index is 3.18. The first-order valence-electron chi connectivity index (χ1n) is 4.39. The van der Waals surface area contributed by atoms with Crippen LogP contribution < -0.4 is 5.32 Å². The predicted molar refractivity (Wildman–Crippen MR) is 54.7 cm³/mol. The zero-order valence-corrected chi connectivity index (χ0v) is 8.55. The van der Waals surface area contributed by atoms with Crippen LogP contribution in [0.2, 0.25) is 0 Å². The predicted octanol–water partition coefficient (Wildman–Crippen LogP) is 1.89. The van der Waals surface area contributed by atoms with E-state index in [2.05, 4.69) is 24.3 Å². The van der Waals surface area contributed by atoms with Crippen LogP contribution in [0.1, 0.15) is 32.3 Å². The summed E-state index contributed by atoms with van der Waals surface area (Å²) in [5, 5.41) is 14.7. The summed E-state index contributed by atoms with van der Waals surface area (Å²) in [5.74, 6) is 1.77. The lowest BCUT2D eigenvalue weighted by molar-refractivity contribution is 0.867. The van der Waals surface area contributed by atoms with Crippen LogP contribution in [0.5, 0.6) is 0 Å². The van der Waals surface area contributed by atoms with Crippen LogP contribution in [0.25, 0.3) is 0 Å². The Morgan fingerprint density at radius 1 is 1.62 bits per heavy atom. The van der Waals surface area contributed by atoms with E-state index < -0.39 is 0 Å². The number of nitrogens with zero attached hydrogens (tertiary/aromatic N) is 2. The monoisotopic (exact) mass is 180 g/mol. The van der Waals surface area contributed by atoms with E-state index in [0.29, 0.717) is 11.8 Å². The Bertz CT molecular complexity index is 311. The average Bonchev–Trinajstić information content (AvgIpc) is 2.46. The normalized spacial score (nSPS) is 10.5. The Morgan fingerprint density at radius 3 is 2.62 bits per heavy atom. The number of hydrogen-bond donors (Lipinski definition) is 2. The van der Waals surface area contributed by atoms with Gasteiger partial charge in [-0.3, -0.25) is 5.41 Å². The third-order valence-electron chi connectivity index (χ3n) is 1.97. The number of aromatic nitrogens is 2. The zero-order chi connectivity index (χ0) is 10.0. The fraction of sp³-hybridized carbons (Fsp3) is 0.556. The molecule has 0 spiro atoms. The van der Waals surface area contributed by atoms with Crippen molar-refractivity contribution in [2.45, 2.75) is 26.7 Å². The molecule has 1 aromatic rings. The van der Waals surface area contributed by atoms with Gasteiger partial charge in [-0.05, 0) is 12.8 Å². The molecule has 0 aliphatic carbocycles. The van der Waals surface area contributed by atoms with Gasteiger partial charge in [-0.1, -0.05) is 13.8 Å². The maximum Gasteiger partial charge on any atom is 0.134 e. The van der Waals surface area contributed by atoms with Gasteiger partial charge in [0.2, 0.25) is 0 Å². The van der Waals surface area contributed by atoms with Gasteiger partial charge in [-0.15, -0.1) is 0 Å². The third-order valence-corrected chi connectivity index (χ3v) is 1.97. The molecule has 1 heterocycles. The molecule has 1 rings (SSSR count). The smallest absolute Gasteiger partial charge is 0.134 e. The molecule has 0 radical (unpaired) electrons. The second kappa shape index (κ2) is 3.60. The maximum absolute atomic E-state index is 7.49. The fourth-order valence-corrected chi connectivity index (χ4v) is 1.29. The van der Waals surface area contributed by atoms with Crippen LogP contribution in [0.3, 0.4) is 0 Å². The molecule has 0 bridgehead atoms. The summed E-state index contributed by atoms with van der Waals surface area (Å²) in [6.07, 6.45) is 1.81. The summed E-state index contributed by atoms with van der Waals surface area (Å²) in [6, 6.07) is 0. The molecule has 72 valence electrons. The minimum Gasteiger partial charge on any atom is -0.373 e. The number of rotatable bonds is 2. The van der Waals surface area contributed by atoms with Gasteiger partial charge in [0.05, 0.1) is 6.20 Å². The van der Waals surface area contributed by atoms with Crippen LogP contribution >= 0.6 is 0 Å². The van der Waals surface area contributed by atoms with Crippen LogP contribution in [0.4, 0.5) is 5.82 Å². The molecule has 4 nitrogen and oxygen atoms in total. The average molecular weight is 180 g/mol. The largest absolute Gasteiger partial charge is 0.373 e. The van der Waals surface area contributed by atoms with Crippen molar-refractivity contribution in [1.82, 2.24) is 9.78 Å². The molecule has 1 aromatic heterocycles. The topological polar surface area (TPSA) is 53.7 Å². The molecule has 4 heteroatoms. The van der Waals surface area contributed by atoms with Crippen LogP contribution in [0.15, 0.2) is 6.20 Å². The van der Waals surface area contributed by atoms with Gasteiger partial charge in [-0.2, -0.15) is 5.10 Å². The molecular formula is C9H16N4. The highest BCUT2D eigenvalue weighted by atomic mass is 15.3. The highest BCUT2D eigenvalue weighted by Crippen LogP contribution is 2.22. The van der Waals surface area contributed by atoms with Crippen LogP contribution in [-0.2, 0) is 0 Å². The maximum atomic E-state index is 7.49. The lowest BCUT2D eigenvalue weighted by atomic mass is 10.1. The Kier molecular flexibility index (Phi) is 2.70. The van der Waals surface area contributed by atoms with E-state index in [9.17, 15) is 0 Å². The molecule has 0 aliphatic heterocycles. The van der Waals surface area contributed by atoms with Crippen molar-refractivity contribution in [2.75, 3.05) is 12.4 Å². The van der Waals surface area contributed by atoms with Crippen molar-refractivity contribution >= 4 is 11.7 Å². The first-order valence-corrected chi connectivity index (χ1v) is 4.39. The van der Waals surface area contributed by atoms with Crippen molar-refractivity contribution in [3.63, 3.8) is 0 Å². The van der Waals surface area contributed by atoms with E-state index >= 15 is 0 Å². The Labute approximate surface area is 78.5 Å². The van der Waals surface area contributed by atoms with Gasteiger partial charge in [0.1, 0.15) is 11.7 Å². The molecule has 0 fully saturated rings. The summed E-state index contributed by atoms with van der Waals surface area (Å²) in [5.41, 5.74) is 1.15. The van der Waals surface area contributed by atoms with Crippen molar-refractivity contribution in [3.8, 4) is 0 Å². The first kappa shape index (κ1) is 9.77. The molecule has 0 saturated heterocycles. The standard InChI is InChI=1S/C9H16N4/c1-6(2)8-5-12-13(7(3)10)9(8)11-4/h5-6,10-11H,1-4H3. The van der Waals surface area contributed by atoms with E-state index in [-0.39, 0.29) is 0 Å². The first-order chi connectivity index (χ1) is 6.07. The summed E-state index contributed by atoms with van der Waals surface area (Å²) in [7, 11) is 1.85. The van der Waals surface area contributed by atoms with Gasteiger partial charge < -0.3 is 5.32 Å². The van der Waals surface area contributed by atoms with Gasteiger partial charge in [-0.25, -0.2) is 4.68 Å². The number of hydrogen-bond acceptors (Lipinski definition) is 3. The van der Waals surface area contributed by atoms with Gasteiger partial charge in [0.15, 0.2) is 0 Å². The summed E-state index contributed by atoms with van der Waals surface area (Å²) >= 11 is 0. The highest BCUT2D eigenvalue weighted by Gasteiger charge is 2.12.